The Kier molecular flexibility index (Phi) is 3.05. The summed E-state index contributed by atoms with van der Waals surface area (Å²) in [5.41, 5.74) is 1.49. The number of benzene rings is 1. The van der Waals surface area contributed by atoms with E-state index in [1.165, 1.54) is 0 Å². The number of aromatic nitrogens is 3. The van der Waals surface area contributed by atoms with Crippen molar-refractivity contribution in [3.8, 4) is 0 Å². The van der Waals surface area contributed by atoms with E-state index in [0.717, 1.165) is 16.5 Å². The van der Waals surface area contributed by atoms with Crippen LogP contribution in [0.3, 0.4) is 0 Å². The molecule has 3 rings (SSSR count). The van der Waals surface area contributed by atoms with Crippen molar-refractivity contribution in [2.24, 2.45) is 5.41 Å². The lowest BCUT2D eigenvalue weighted by atomic mass is 9.96. The first-order valence-corrected chi connectivity index (χ1v) is 7.10. The predicted molar refractivity (Wildman–Crippen MR) is 87.0 cm³/mol. The number of anilines is 1. The van der Waals surface area contributed by atoms with Crippen LogP contribution in [-0.2, 0) is 4.79 Å². The van der Waals surface area contributed by atoms with E-state index in [0.29, 0.717) is 11.0 Å². The first kappa shape index (κ1) is 14.3. The number of amides is 1. The van der Waals surface area contributed by atoms with Crippen LogP contribution in [-0.4, -0.2) is 20.9 Å². The van der Waals surface area contributed by atoms with Gasteiger partial charge in [0.25, 0.3) is 5.56 Å². The summed E-state index contributed by atoms with van der Waals surface area (Å²) >= 11 is 0. The largest absolute Gasteiger partial charge is 0.339 e. The van der Waals surface area contributed by atoms with Crippen molar-refractivity contribution in [3.05, 3.63) is 34.1 Å². The Labute approximate surface area is 127 Å². The van der Waals surface area contributed by atoms with Crippen molar-refractivity contribution in [3.63, 3.8) is 0 Å². The van der Waals surface area contributed by atoms with Crippen molar-refractivity contribution in [1.82, 2.24) is 15.0 Å². The topological polar surface area (TPSA) is 90.6 Å². The van der Waals surface area contributed by atoms with Gasteiger partial charge in [0.1, 0.15) is 5.65 Å². The number of fused-ring (bicyclic) bond motifs is 3. The van der Waals surface area contributed by atoms with Gasteiger partial charge in [-0.3, -0.25) is 19.9 Å². The number of rotatable bonds is 1. The van der Waals surface area contributed by atoms with E-state index < -0.39 is 5.41 Å². The zero-order valence-electron chi connectivity index (χ0n) is 13.0. The Balaban J connectivity index is 2.18. The molecule has 2 heterocycles. The molecule has 6 nitrogen and oxygen atoms in total. The molecule has 0 aliphatic carbocycles. The predicted octanol–water partition coefficient (Wildman–Crippen LogP) is 2.70. The monoisotopic (exact) mass is 298 g/mol. The molecule has 0 aliphatic rings. The highest BCUT2D eigenvalue weighted by atomic mass is 16.2. The summed E-state index contributed by atoms with van der Waals surface area (Å²) in [4.78, 5) is 34.5. The molecule has 0 bridgehead atoms. The molecule has 3 N–H and O–H groups in total. The van der Waals surface area contributed by atoms with E-state index in [-0.39, 0.29) is 17.4 Å². The lowest BCUT2D eigenvalue weighted by molar-refractivity contribution is -0.123. The highest BCUT2D eigenvalue weighted by molar-refractivity contribution is 6.07. The van der Waals surface area contributed by atoms with E-state index in [9.17, 15) is 9.59 Å². The number of carbonyl (C=O) groups excluding carboxylic acids is 1. The van der Waals surface area contributed by atoms with Gasteiger partial charge in [0, 0.05) is 16.3 Å². The van der Waals surface area contributed by atoms with Crippen molar-refractivity contribution in [2.75, 3.05) is 5.32 Å². The molecular weight excluding hydrogens is 280 g/mol. The SMILES string of the molecule is Cc1cccc2[nH]c3nc(NC(=O)C(C)(C)C)[nH]c(=O)c3c12. The summed E-state index contributed by atoms with van der Waals surface area (Å²) in [7, 11) is 0. The number of nitrogens with zero attached hydrogens (tertiary/aromatic N) is 1. The smallest absolute Gasteiger partial charge is 0.262 e. The van der Waals surface area contributed by atoms with Crippen LogP contribution < -0.4 is 10.9 Å². The maximum absolute atomic E-state index is 12.4. The van der Waals surface area contributed by atoms with Crippen molar-refractivity contribution in [1.29, 1.82) is 0 Å². The molecule has 6 heteroatoms. The van der Waals surface area contributed by atoms with E-state index >= 15 is 0 Å². The van der Waals surface area contributed by atoms with E-state index in [2.05, 4.69) is 20.3 Å². The molecule has 0 unspecified atom stereocenters. The Morgan fingerprint density at radius 3 is 2.59 bits per heavy atom. The van der Waals surface area contributed by atoms with Crippen molar-refractivity contribution in [2.45, 2.75) is 27.7 Å². The van der Waals surface area contributed by atoms with Gasteiger partial charge in [0.15, 0.2) is 0 Å². The van der Waals surface area contributed by atoms with E-state index in [4.69, 9.17) is 0 Å². The van der Waals surface area contributed by atoms with Gasteiger partial charge in [0.05, 0.1) is 5.39 Å². The van der Waals surface area contributed by atoms with Crippen LogP contribution in [0.2, 0.25) is 0 Å². The molecule has 0 aliphatic heterocycles. The molecule has 114 valence electrons. The first-order valence-electron chi connectivity index (χ1n) is 7.10. The van der Waals surface area contributed by atoms with Gasteiger partial charge in [-0.2, -0.15) is 4.98 Å². The molecule has 0 saturated carbocycles. The summed E-state index contributed by atoms with van der Waals surface area (Å²) in [5, 5.41) is 4.02. The summed E-state index contributed by atoms with van der Waals surface area (Å²) in [5.74, 6) is -0.0519. The number of carbonyl (C=O) groups is 1. The molecular formula is C16H18N4O2. The fraction of sp³-hybridized carbons (Fsp3) is 0.312. The van der Waals surface area contributed by atoms with Crippen LogP contribution in [0.5, 0.6) is 0 Å². The van der Waals surface area contributed by atoms with Crippen LogP contribution in [0.1, 0.15) is 26.3 Å². The summed E-state index contributed by atoms with van der Waals surface area (Å²) in [6.07, 6.45) is 0. The minimum atomic E-state index is -0.565. The number of hydrogen-bond acceptors (Lipinski definition) is 3. The zero-order valence-corrected chi connectivity index (χ0v) is 13.0. The fourth-order valence-corrected chi connectivity index (χ4v) is 2.38. The minimum Gasteiger partial charge on any atom is -0.339 e. The number of nitrogens with one attached hydrogen (secondary N) is 3. The molecule has 0 spiro atoms. The average Bonchev–Trinajstić information content (AvgIpc) is 2.77. The molecule has 0 saturated heterocycles. The summed E-state index contributed by atoms with van der Waals surface area (Å²) < 4.78 is 0. The van der Waals surface area contributed by atoms with E-state index in [1.54, 1.807) is 20.8 Å². The van der Waals surface area contributed by atoms with Crippen molar-refractivity contribution >= 4 is 33.8 Å². The Hall–Kier alpha value is -2.63. The van der Waals surface area contributed by atoms with E-state index in [1.807, 2.05) is 25.1 Å². The maximum Gasteiger partial charge on any atom is 0.262 e. The normalized spacial score (nSPS) is 12.0. The van der Waals surface area contributed by atoms with Crippen LogP contribution >= 0.6 is 0 Å². The van der Waals surface area contributed by atoms with Gasteiger partial charge in [-0.15, -0.1) is 0 Å². The standard InChI is InChI=1S/C16H18N4O2/c1-8-6-5-7-9-10(8)11-12(17-9)18-15(19-13(11)21)20-14(22)16(2,3)4/h5-7H,1-4H3,(H3,17,18,19,20,21,22). The average molecular weight is 298 g/mol. The lowest BCUT2D eigenvalue weighted by Crippen LogP contribution is -2.29. The molecule has 0 fully saturated rings. The Morgan fingerprint density at radius 2 is 1.91 bits per heavy atom. The molecule has 3 aromatic rings. The zero-order chi connectivity index (χ0) is 16.1. The molecule has 22 heavy (non-hydrogen) atoms. The first-order chi connectivity index (χ1) is 10.3. The summed E-state index contributed by atoms with van der Waals surface area (Å²) in [6.45, 7) is 7.34. The van der Waals surface area contributed by atoms with Gasteiger partial charge < -0.3 is 4.98 Å². The lowest BCUT2D eigenvalue weighted by Gasteiger charge is -2.16. The highest BCUT2D eigenvalue weighted by Gasteiger charge is 2.22. The minimum absolute atomic E-state index is 0.154. The number of aryl methyl sites for hydroxylation is 1. The Bertz CT molecular complexity index is 944. The third-order valence-electron chi connectivity index (χ3n) is 3.61. The van der Waals surface area contributed by atoms with Gasteiger partial charge in [-0.05, 0) is 18.6 Å². The molecule has 0 atom stereocenters. The number of H-pyrrole nitrogens is 2. The van der Waals surface area contributed by atoms with Gasteiger partial charge in [0.2, 0.25) is 11.9 Å². The third kappa shape index (κ3) is 2.26. The van der Waals surface area contributed by atoms with Crippen LogP contribution in [0.25, 0.3) is 21.9 Å². The molecule has 2 aromatic heterocycles. The summed E-state index contributed by atoms with van der Waals surface area (Å²) in [6, 6.07) is 5.77. The number of hydrogen-bond donors (Lipinski definition) is 3. The molecule has 0 radical (unpaired) electrons. The maximum atomic E-state index is 12.4. The Morgan fingerprint density at radius 1 is 1.18 bits per heavy atom. The second-order valence-corrected chi connectivity index (χ2v) is 6.46. The van der Waals surface area contributed by atoms with Crippen molar-refractivity contribution < 1.29 is 4.79 Å². The third-order valence-corrected chi connectivity index (χ3v) is 3.61. The highest BCUT2D eigenvalue weighted by Crippen LogP contribution is 2.25. The number of aromatic amines is 2. The second-order valence-electron chi connectivity index (χ2n) is 6.46. The fourth-order valence-electron chi connectivity index (χ4n) is 2.38. The quantitative estimate of drug-likeness (QED) is 0.645. The van der Waals surface area contributed by atoms with Crippen LogP contribution in [0, 0.1) is 12.3 Å². The van der Waals surface area contributed by atoms with Crippen LogP contribution in [0.15, 0.2) is 23.0 Å². The van der Waals surface area contributed by atoms with Crippen LogP contribution in [0.4, 0.5) is 5.95 Å². The molecule has 1 aromatic carbocycles. The van der Waals surface area contributed by atoms with Gasteiger partial charge >= 0.3 is 0 Å². The van der Waals surface area contributed by atoms with Gasteiger partial charge in [-0.25, -0.2) is 0 Å². The van der Waals surface area contributed by atoms with Gasteiger partial charge in [-0.1, -0.05) is 32.9 Å². The molecule has 1 amide bonds. The second kappa shape index (κ2) is 4.69.